The largest absolute Gasteiger partial charge is 0.312 e. The van der Waals surface area contributed by atoms with Crippen LogP contribution in [-0.2, 0) is 6.54 Å². The third-order valence-electron chi connectivity index (χ3n) is 8.29. The number of aryl methyl sites for hydroxylation is 3. The van der Waals surface area contributed by atoms with Gasteiger partial charge >= 0.3 is 0 Å². The van der Waals surface area contributed by atoms with Crippen LogP contribution in [0.15, 0.2) is 35.1 Å². The molecule has 198 valence electrons. The van der Waals surface area contributed by atoms with Crippen LogP contribution in [0.5, 0.6) is 0 Å². The predicted molar refractivity (Wildman–Crippen MR) is 147 cm³/mol. The van der Waals surface area contributed by atoms with Gasteiger partial charge in [-0.15, -0.1) is 10.2 Å². The van der Waals surface area contributed by atoms with Crippen LogP contribution in [0.25, 0.3) is 16.6 Å². The highest BCUT2D eigenvalue weighted by atomic mass is 19.1. The Morgan fingerprint density at radius 3 is 2.54 bits per heavy atom. The van der Waals surface area contributed by atoms with Gasteiger partial charge in [-0.25, -0.2) is 4.39 Å². The van der Waals surface area contributed by atoms with E-state index in [2.05, 4.69) is 42.5 Å². The van der Waals surface area contributed by atoms with Gasteiger partial charge in [0.1, 0.15) is 23.0 Å². The summed E-state index contributed by atoms with van der Waals surface area (Å²) in [4.78, 5) is 13.3. The Bertz CT molecular complexity index is 1460. The van der Waals surface area contributed by atoms with Crippen LogP contribution in [0.3, 0.4) is 0 Å². The van der Waals surface area contributed by atoms with E-state index in [0.29, 0.717) is 35.9 Å². The normalized spacial score (nSPS) is 20.5. The summed E-state index contributed by atoms with van der Waals surface area (Å²) in [5, 5.41) is 8.87. The van der Waals surface area contributed by atoms with Crippen molar-refractivity contribution in [2.24, 2.45) is 11.8 Å². The number of nitrogens with zero attached hydrogens (tertiary/aromatic N) is 5. The number of rotatable bonds is 8. The minimum atomic E-state index is -0.283. The minimum absolute atomic E-state index is 0.00132. The first kappa shape index (κ1) is 25.7. The quantitative estimate of drug-likeness (QED) is 0.243. The van der Waals surface area contributed by atoms with Gasteiger partial charge < -0.3 is 13.5 Å². The van der Waals surface area contributed by atoms with Crippen molar-refractivity contribution in [3.63, 3.8) is 0 Å². The number of halogens is 1. The molecule has 0 N–H and O–H groups in total. The Labute approximate surface area is 218 Å². The van der Waals surface area contributed by atoms with E-state index in [-0.39, 0.29) is 11.4 Å². The number of aromatic nitrogens is 5. The lowest BCUT2D eigenvalue weighted by atomic mass is 9.77. The van der Waals surface area contributed by atoms with Crippen molar-refractivity contribution in [3.8, 4) is 0 Å². The van der Waals surface area contributed by atoms with Gasteiger partial charge in [-0.05, 0) is 81.7 Å². The number of fused-ring (bicyclic) bond motifs is 3. The Hall–Kier alpha value is -2.96. The minimum Gasteiger partial charge on any atom is -0.312 e. The Balaban J connectivity index is 1.23. The monoisotopic (exact) mass is 505 g/mol. The lowest BCUT2D eigenvalue weighted by Crippen LogP contribution is -2.26. The van der Waals surface area contributed by atoms with E-state index < -0.39 is 0 Å². The van der Waals surface area contributed by atoms with Crippen LogP contribution in [0, 0.1) is 31.5 Å². The molecular formula is C30H40FN5O. The molecule has 1 aromatic carbocycles. The molecule has 1 aliphatic rings. The van der Waals surface area contributed by atoms with Crippen LogP contribution < -0.4 is 5.56 Å². The van der Waals surface area contributed by atoms with E-state index in [1.807, 2.05) is 28.0 Å². The third-order valence-corrected chi connectivity index (χ3v) is 8.29. The van der Waals surface area contributed by atoms with Crippen LogP contribution in [0.4, 0.5) is 4.39 Å². The van der Waals surface area contributed by atoms with Gasteiger partial charge in [-0.1, -0.05) is 40.0 Å². The summed E-state index contributed by atoms with van der Waals surface area (Å²) in [7, 11) is 0. The number of benzene rings is 1. The van der Waals surface area contributed by atoms with Crippen LogP contribution in [0.2, 0.25) is 0 Å². The molecule has 0 aliphatic heterocycles. The summed E-state index contributed by atoms with van der Waals surface area (Å²) in [6.45, 7) is 11.5. The van der Waals surface area contributed by atoms with E-state index in [1.165, 1.54) is 37.8 Å². The van der Waals surface area contributed by atoms with Crippen molar-refractivity contribution in [1.29, 1.82) is 0 Å². The van der Waals surface area contributed by atoms with Crippen molar-refractivity contribution >= 4 is 16.6 Å². The first-order valence-electron chi connectivity index (χ1n) is 14.0. The van der Waals surface area contributed by atoms with Gasteiger partial charge in [0.2, 0.25) is 0 Å². The molecule has 6 nitrogen and oxygen atoms in total. The second-order valence-corrected chi connectivity index (χ2v) is 11.6. The van der Waals surface area contributed by atoms with E-state index >= 15 is 0 Å². The van der Waals surface area contributed by atoms with Gasteiger partial charge in [0, 0.05) is 24.2 Å². The van der Waals surface area contributed by atoms with Crippen molar-refractivity contribution in [2.45, 2.75) is 98.1 Å². The van der Waals surface area contributed by atoms with Gasteiger partial charge in [0.15, 0.2) is 0 Å². The topological polar surface area (TPSA) is 57.1 Å². The van der Waals surface area contributed by atoms with Gasteiger partial charge in [0.05, 0.1) is 11.0 Å². The smallest absolute Gasteiger partial charge is 0.275 e. The summed E-state index contributed by atoms with van der Waals surface area (Å²) < 4.78 is 20.2. The van der Waals surface area contributed by atoms with Crippen molar-refractivity contribution in [2.75, 3.05) is 0 Å². The first-order chi connectivity index (χ1) is 17.7. The number of unbranched alkanes of at least 4 members (excludes halogenated alkanes) is 2. The van der Waals surface area contributed by atoms with Crippen molar-refractivity contribution in [1.82, 2.24) is 23.7 Å². The fraction of sp³-hybridized carbons (Fsp3) is 0.567. The van der Waals surface area contributed by atoms with Gasteiger partial charge in [-0.2, -0.15) is 0 Å². The molecule has 3 atom stereocenters. The zero-order valence-electron chi connectivity index (χ0n) is 22.9. The zero-order valence-corrected chi connectivity index (χ0v) is 22.9. The molecule has 37 heavy (non-hydrogen) atoms. The Morgan fingerprint density at radius 1 is 0.973 bits per heavy atom. The number of hydrogen-bond acceptors (Lipinski definition) is 3. The average molecular weight is 506 g/mol. The van der Waals surface area contributed by atoms with Crippen LogP contribution in [0.1, 0.15) is 95.0 Å². The Kier molecular flexibility index (Phi) is 7.24. The molecule has 1 fully saturated rings. The molecular weight excluding hydrogens is 465 g/mol. The molecule has 7 heteroatoms. The van der Waals surface area contributed by atoms with E-state index in [4.69, 9.17) is 0 Å². The van der Waals surface area contributed by atoms with E-state index in [1.54, 1.807) is 6.07 Å². The molecule has 0 bridgehead atoms. The summed E-state index contributed by atoms with van der Waals surface area (Å²) in [6.07, 6.45) is 8.09. The lowest BCUT2D eigenvalue weighted by molar-refractivity contribution is 0.191. The fourth-order valence-corrected chi connectivity index (χ4v) is 6.66. The lowest BCUT2D eigenvalue weighted by Gasteiger charge is -2.35. The molecule has 0 amide bonds. The molecule has 1 aliphatic carbocycles. The zero-order chi connectivity index (χ0) is 26.3. The van der Waals surface area contributed by atoms with Crippen LogP contribution >= 0.6 is 0 Å². The molecule has 1 unspecified atom stereocenters. The van der Waals surface area contributed by atoms with Crippen molar-refractivity contribution in [3.05, 3.63) is 63.8 Å². The summed E-state index contributed by atoms with van der Waals surface area (Å²) in [5.41, 5.74) is 3.11. The molecule has 3 heterocycles. The summed E-state index contributed by atoms with van der Waals surface area (Å²) in [5.74, 6) is 3.66. The Morgan fingerprint density at radius 2 is 1.76 bits per heavy atom. The number of hydrogen-bond donors (Lipinski definition) is 0. The summed E-state index contributed by atoms with van der Waals surface area (Å²) >= 11 is 0. The maximum atomic E-state index is 14.1. The average Bonchev–Trinajstić information content (AvgIpc) is 3.43. The van der Waals surface area contributed by atoms with Gasteiger partial charge in [0.25, 0.3) is 5.56 Å². The molecule has 3 aromatic heterocycles. The first-order valence-corrected chi connectivity index (χ1v) is 14.0. The highest BCUT2D eigenvalue weighted by Crippen LogP contribution is 2.40. The second kappa shape index (κ2) is 10.4. The second-order valence-electron chi connectivity index (χ2n) is 11.6. The van der Waals surface area contributed by atoms with E-state index in [9.17, 15) is 9.18 Å². The fourth-order valence-electron chi connectivity index (χ4n) is 6.66. The van der Waals surface area contributed by atoms with E-state index in [0.717, 1.165) is 47.6 Å². The van der Waals surface area contributed by atoms with Crippen molar-refractivity contribution < 1.29 is 4.39 Å². The van der Waals surface area contributed by atoms with Crippen LogP contribution in [-0.4, -0.2) is 23.7 Å². The predicted octanol–water partition coefficient (Wildman–Crippen LogP) is 6.96. The molecule has 0 spiro atoms. The maximum absolute atomic E-state index is 14.1. The highest BCUT2D eigenvalue weighted by molar-refractivity contribution is 5.79. The third kappa shape index (κ3) is 4.97. The van der Waals surface area contributed by atoms with Gasteiger partial charge in [-0.3, -0.25) is 4.79 Å². The summed E-state index contributed by atoms with van der Waals surface area (Å²) in [6, 6.07) is 8.99. The molecule has 5 rings (SSSR count). The highest BCUT2D eigenvalue weighted by Gasteiger charge is 2.30. The SMILES string of the molecule is Cc1nnc(C(C)C)n1C1C[C@H](C)C[C@H](CCCCCn2c(=O)c3ccc(C)n3c3cc(F)ccc32)C1. The molecule has 0 radical (unpaired) electrons. The molecule has 4 aromatic rings. The standard InChI is InChI=1S/C30H40FN5O/c1-19(2)29-33-32-22(5)36(29)25-16-20(3)15-23(17-25)9-7-6-8-14-34-26-13-11-24(31)18-28(26)35-21(4)10-12-27(35)30(34)37/h10-13,18-20,23,25H,6-9,14-17H2,1-5H3/t20-,23+,25?/m1/s1. The maximum Gasteiger partial charge on any atom is 0.275 e. The molecule has 1 saturated carbocycles. The molecule has 0 saturated heterocycles.